The number of nitrogens with two attached hydrogens (primary N) is 1. The van der Waals surface area contributed by atoms with Crippen LogP contribution in [0.2, 0.25) is 0 Å². The van der Waals surface area contributed by atoms with E-state index in [4.69, 9.17) is 15.2 Å². The molecule has 0 saturated heterocycles. The summed E-state index contributed by atoms with van der Waals surface area (Å²) in [5.74, 6) is 0.836. The quantitative estimate of drug-likeness (QED) is 0.848. The largest absolute Gasteiger partial charge is 0.497 e. The molecule has 0 fully saturated rings. The van der Waals surface area contributed by atoms with Gasteiger partial charge in [-0.2, -0.15) is 0 Å². The number of aryl methyl sites for hydroxylation is 1. The van der Waals surface area contributed by atoms with Crippen molar-refractivity contribution in [1.82, 2.24) is 0 Å². The molecule has 110 valence electrons. The molecule has 0 saturated carbocycles. The zero-order valence-electron chi connectivity index (χ0n) is 12.3. The van der Waals surface area contributed by atoms with Crippen LogP contribution in [-0.4, -0.2) is 20.1 Å². The van der Waals surface area contributed by atoms with Crippen molar-refractivity contribution in [1.29, 1.82) is 0 Å². The maximum absolute atomic E-state index is 12.4. The van der Waals surface area contributed by atoms with Gasteiger partial charge >= 0.3 is 0 Å². The molecule has 0 heterocycles. The highest BCUT2D eigenvalue weighted by Gasteiger charge is 2.12. The first kappa shape index (κ1) is 14.7. The molecule has 21 heavy (non-hydrogen) atoms. The molecule has 2 aromatic carbocycles. The highest BCUT2D eigenvalue weighted by molar-refractivity contribution is 6.06. The minimum atomic E-state index is -0.270. The van der Waals surface area contributed by atoms with E-state index in [0.29, 0.717) is 28.4 Å². The second kappa shape index (κ2) is 6.17. The van der Waals surface area contributed by atoms with Crippen molar-refractivity contribution < 1.29 is 14.3 Å². The lowest BCUT2D eigenvalue weighted by molar-refractivity contribution is 0.102. The van der Waals surface area contributed by atoms with Crippen LogP contribution in [0.1, 0.15) is 15.9 Å². The van der Waals surface area contributed by atoms with Gasteiger partial charge in [-0.05, 0) is 30.7 Å². The summed E-state index contributed by atoms with van der Waals surface area (Å²) in [6.45, 7) is 1.89. The minimum absolute atomic E-state index is 0.270. The van der Waals surface area contributed by atoms with E-state index in [2.05, 4.69) is 5.32 Å². The van der Waals surface area contributed by atoms with Crippen molar-refractivity contribution in [2.24, 2.45) is 0 Å². The number of rotatable bonds is 4. The van der Waals surface area contributed by atoms with E-state index in [9.17, 15) is 4.79 Å². The summed E-state index contributed by atoms with van der Waals surface area (Å²) in [7, 11) is 3.07. The Morgan fingerprint density at radius 1 is 1.10 bits per heavy atom. The van der Waals surface area contributed by atoms with Crippen LogP contribution >= 0.6 is 0 Å². The Morgan fingerprint density at radius 3 is 2.24 bits per heavy atom. The van der Waals surface area contributed by atoms with Gasteiger partial charge in [0, 0.05) is 11.6 Å². The van der Waals surface area contributed by atoms with Crippen LogP contribution in [0, 0.1) is 6.92 Å². The van der Waals surface area contributed by atoms with E-state index in [1.807, 2.05) is 19.1 Å². The normalized spacial score (nSPS) is 10.0. The molecule has 0 atom stereocenters. The Kier molecular flexibility index (Phi) is 4.33. The molecule has 2 rings (SSSR count). The van der Waals surface area contributed by atoms with Crippen LogP contribution in [-0.2, 0) is 0 Å². The number of benzene rings is 2. The Bertz CT molecular complexity index is 626. The molecule has 1 amide bonds. The van der Waals surface area contributed by atoms with Gasteiger partial charge < -0.3 is 20.5 Å². The summed E-state index contributed by atoms with van der Waals surface area (Å²) in [5, 5.41) is 2.82. The lowest BCUT2D eigenvalue weighted by atomic mass is 10.1. The molecule has 3 N–H and O–H groups in total. The fourth-order valence-electron chi connectivity index (χ4n) is 1.99. The Labute approximate surface area is 123 Å². The summed E-state index contributed by atoms with van der Waals surface area (Å²) in [6, 6.07) is 10.5. The molecule has 0 spiro atoms. The molecule has 2 aromatic rings. The van der Waals surface area contributed by atoms with E-state index >= 15 is 0 Å². The van der Waals surface area contributed by atoms with Gasteiger partial charge in [-0.25, -0.2) is 0 Å². The van der Waals surface area contributed by atoms with Gasteiger partial charge in [0.2, 0.25) is 0 Å². The highest BCUT2D eigenvalue weighted by Crippen LogP contribution is 2.26. The first-order valence-electron chi connectivity index (χ1n) is 6.44. The molecular formula is C16H18N2O3. The van der Waals surface area contributed by atoms with Gasteiger partial charge in [-0.15, -0.1) is 0 Å². The van der Waals surface area contributed by atoms with Crippen molar-refractivity contribution in [2.45, 2.75) is 6.92 Å². The second-order valence-electron chi connectivity index (χ2n) is 4.59. The maximum Gasteiger partial charge on any atom is 0.256 e. The van der Waals surface area contributed by atoms with E-state index in [1.54, 1.807) is 24.3 Å². The number of nitrogens with one attached hydrogen (secondary N) is 1. The molecule has 5 nitrogen and oxygen atoms in total. The average Bonchev–Trinajstić information content (AvgIpc) is 2.50. The number of para-hydroxylation sites is 1. The number of carbonyl (C=O) groups is 1. The number of hydrogen-bond acceptors (Lipinski definition) is 4. The fraction of sp³-hybridized carbons (Fsp3) is 0.188. The van der Waals surface area contributed by atoms with Crippen molar-refractivity contribution in [2.75, 3.05) is 25.3 Å². The summed E-state index contributed by atoms with van der Waals surface area (Å²) in [6.07, 6.45) is 0. The van der Waals surface area contributed by atoms with Gasteiger partial charge in [0.25, 0.3) is 5.91 Å². The number of hydrogen-bond donors (Lipinski definition) is 2. The van der Waals surface area contributed by atoms with Crippen molar-refractivity contribution in [3.8, 4) is 11.5 Å². The smallest absolute Gasteiger partial charge is 0.256 e. The molecule has 5 heteroatoms. The van der Waals surface area contributed by atoms with E-state index in [1.165, 1.54) is 14.2 Å². The SMILES string of the molecule is COc1cc(OC)cc(C(=O)Nc2c(C)cccc2N)c1. The van der Waals surface area contributed by atoms with Gasteiger partial charge in [0.1, 0.15) is 11.5 Å². The van der Waals surface area contributed by atoms with Crippen LogP contribution < -0.4 is 20.5 Å². The van der Waals surface area contributed by atoms with Gasteiger partial charge in [0.15, 0.2) is 0 Å². The topological polar surface area (TPSA) is 73.6 Å². The van der Waals surface area contributed by atoms with Crippen molar-refractivity contribution in [3.05, 3.63) is 47.5 Å². The third kappa shape index (κ3) is 3.25. The zero-order valence-corrected chi connectivity index (χ0v) is 12.3. The Balaban J connectivity index is 2.32. The van der Waals surface area contributed by atoms with Gasteiger partial charge in [-0.3, -0.25) is 4.79 Å². The fourth-order valence-corrected chi connectivity index (χ4v) is 1.99. The number of anilines is 2. The van der Waals surface area contributed by atoms with Crippen LogP contribution in [0.4, 0.5) is 11.4 Å². The summed E-state index contributed by atoms with van der Waals surface area (Å²) in [5.41, 5.74) is 8.38. The maximum atomic E-state index is 12.4. The third-order valence-electron chi connectivity index (χ3n) is 3.16. The molecule has 0 bridgehead atoms. The van der Waals surface area contributed by atoms with E-state index in [-0.39, 0.29) is 5.91 Å². The van der Waals surface area contributed by atoms with Crippen LogP contribution in [0.5, 0.6) is 11.5 Å². The van der Waals surface area contributed by atoms with Crippen LogP contribution in [0.25, 0.3) is 0 Å². The van der Waals surface area contributed by atoms with Crippen LogP contribution in [0.15, 0.2) is 36.4 Å². The Hall–Kier alpha value is -2.69. The van der Waals surface area contributed by atoms with E-state index < -0.39 is 0 Å². The molecule has 0 unspecified atom stereocenters. The van der Waals surface area contributed by atoms with E-state index in [0.717, 1.165) is 5.56 Å². The molecular weight excluding hydrogens is 268 g/mol. The number of carbonyl (C=O) groups excluding carboxylic acids is 1. The monoisotopic (exact) mass is 286 g/mol. The number of amides is 1. The van der Waals surface area contributed by atoms with Gasteiger partial charge in [0.05, 0.1) is 25.6 Å². The average molecular weight is 286 g/mol. The first-order chi connectivity index (χ1) is 10.0. The lowest BCUT2D eigenvalue weighted by Crippen LogP contribution is -2.14. The predicted octanol–water partition coefficient (Wildman–Crippen LogP) is 2.85. The van der Waals surface area contributed by atoms with Gasteiger partial charge in [-0.1, -0.05) is 12.1 Å². The summed E-state index contributed by atoms with van der Waals surface area (Å²) < 4.78 is 10.3. The minimum Gasteiger partial charge on any atom is -0.497 e. The zero-order chi connectivity index (χ0) is 15.4. The summed E-state index contributed by atoms with van der Waals surface area (Å²) >= 11 is 0. The standard InChI is InChI=1S/C16H18N2O3/c1-10-5-4-6-14(17)15(10)18-16(19)11-7-12(20-2)9-13(8-11)21-3/h4-9H,17H2,1-3H3,(H,18,19). The molecule has 0 radical (unpaired) electrons. The first-order valence-corrected chi connectivity index (χ1v) is 6.44. The Morgan fingerprint density at radius 2 is 1.71 bits per heavy atom. The molecule has 0 aromatic heterocycles. The van der Waals surface area contributed by atoms with Crippen LogP contribution in [0.3, 0.4) is 0 Å². The predicted molar refractivity (Wildman–Crippen MR) is 83.1 cm³/mol. The van der Waals surface area contributed by atoms with Crippen molar-refractivity contribution >= 4 is 17.3 Å². The summed E-state index contributed by atoms with van der Waals surface area (Å²) in [4.78, 5) is 12.4. The highest BCUT2D eigenvalue weighted by atomic mass is 16.5. The number of methoxy groups -OCH3 is 2. The number of nitrogen functional groups attached to an aromatic ring is 1. The number of ether oxygens (including phenoxy) is 2. The second-order valence-corrected chi connectivity index (χ2v) is 4.59. The lowest BCUT2D eigenvalue weighted by Gasteiger charge is -2.12. The van der Waals surface area contributed by atoms with Crippen molar-refractivity contribution in [3.63, 3.8) is 0 Å². The molecule has 0 aliphatic rings. The third-order valence-corrected chi connectivity index (χ3v) is 3.16. The molecule has 0 aliphatic heterocycles. The molecule has 0 aliphatic carbocycles.